The zero-order chi connectivity index (χ0) is 22.2. The van der Waals surface area contributed by atoms with Crippen LogP contribution in [0.3, 0.4) is 0 Å². The summed E-state index contributed by atoms with van der Waals surface area (Å²) in [6, 6.07) is 0.290. The number of carbonyl (C=O) groups excluding carboxylic acids is 1. The highest BCUT2D eigenvalue weighted by Gasteiger charge is 2.42. The van der Waals surface area contributed by atoms with Crippen molar-refractivity contribution in [3.05, 3.63) is 11.8 Å². The molecular weight excluding hydrogens is 398 g/mol. The number of amides is 1. The van der Waals surface area contributed by atoms with Gasteiger partial charge in [-0.1, -0.05) is 20.3 Å². The van der Waals surface area contributed by atoms with Crippen molar-refractivity contribution in [1.29, 1.82) is 0 Å². The number of aliphatic hydroxyl groups is 1. The van der Waals surface area contributed by atoms with Crippen LogP contribution in [-0.4, -0.2) is 63.0 Å². The highest BCUT2D eigenvalue weighted by Crippen LogP contribution is 2.44. The van der Waals surface area contributed by atoms with Gasteiger partial charge in [0.05, 0.1) is 26.4 Å². The Morgan fingerprint density at radius 2 is 1.97 bits per heavy atom. The maximum Gasteiger partial charge on any atom is 0.286 e. The first kappa shape index (κ1) is 24.5. The van der Waals surface area contributed by atoms with Crippen LogP contribution in [0.25, 0.3) is 0 Å². The Balaban J connectivity index is 1.57. The average Bonchev–Trinajstić information content (AvgIpc) is 3.37. The van der Waals surface area contributed by atoms with Gasteiger partial charge in [-0.3, -0.25) is 4.79 Å². The molecule has 1 amide bonds. The Labute approximate surface area is 186 Å². The van der Waals surface area contributed by atoms with Gasteiger partial charge in [-0.2, -0.15) is 0 Å². The standard InChI is InChI=1S/C24H41NO6/c1-4-30-24-19(7-9-28-11-12-29-10-8-26)20(16(2)3)15-22(31-24)23(27)25-21-14-17-5-6-18(21)13-17/h15-21,24,26H,4-14H2,1-3H3,(H,25,27)/t17?,18?,19-,20-,21?,24-/m0/s1. The van der Waals surface area contributed by atoms with Gasteiger partial charge in [0.25, 0.3) is 5.91 Å². The van der Waals surface area contributed by atoms with Crippen molar-refractivity contribution in [3.63, 3.8) is 0 Å². The second-order valence-corrected chi connectivity index (χ2v) is 9.45. The van der Waals surface area contributed by atoms with E-state index in [1.54, 1.807) is 0 Å². The molecule has 0 saturated heterocycles. The van der Waals surface area contributed by atoms with Crippen molar-refractivity contribution in [2.45, 2.75) is 65.2 Å². The molecule has 0 spiro atoms. The summed E-state index contributed by atoms with van der Waals surface area (Å²) in [5.41, 5.74) is 0. The Hall–Kier alpha value is -1.15. The van der Waals surface area contributed by atoms with Crippen LogP contribution in [0.4, 0.5) is 0 Å². The van der Waals surface area contributed by atoms with E-state index in [2.05, 4.69) is 19.2 Å². The zero-order valence-electron chi connectivity index (χ0n) is 19.4. The molecule has 0 aromatic heterocycles. The quantitative estimate of drug-likeness (QED) is 0.429. The third-order valence-electron chi connectivity index (χ3n) is 7.01. The summed E-state index contributed by atoms with van der Waals surface area (Å²) in [5, 5.41) is 12.0. The number of hydrogen-bond acceptors (Lipinski definition) is 6. The molecule has 0 aromatic rings. The minimum absolute atomic E-state index is 0.0236. The van der Waals surface area contributed by atoms with Gasteiger partial charge in [-0.25, -0.2) is 0 Å². The smallest absolute Gasteiger partial charge is 0.286 e. The second kappa shape index (κ2) is 12.2. The number of aliphatic hydroxyl groups excluding tert-OH is 1. The number of allylic oxidation sites excluding steroid dienone is 1. The summed E-state index contributed by atoms with van der Waals surface area (Å²) in [6.07, 6.45) is 7.26. The van der Waals surface area contributed by atoms with E-state index in [1.165, 1.54) is 19.3 Å². The van der Waals surface area contributed by atoms with E-state index in [4.69, 9.17) is 24.1 Å². The minimum Gasteiger partial charge on any atom is -0.459 e. The number of hydrogen-bond donors (Lipinski definition) is 2. The van der Waals surface area contributed by atoms with Crippen LogP contribution in [0.1, 0.15) is 52.9 Å². The van der Waals surface area contributed by atoms with E-state index in [9.17, 15) is 4.79 Å². The lowest BCUT2D eigenvalue weighted by molar-refractivity contribution is -0.177. The summed E-state index contributed by atoms with van der Waals surface area (Å²) in [4.78, 5) is 13.0. The average molecular weight is 440 g/mol. The summed E-state index contributed by atoms with van der Waals surface area (Å²) < 4.78 is 23.0. The van der Waals surface area contributed by atoms with Gasteiger partial charge in [0, 0.05) is 25.2 Å². The number of rotatable bonds is 13. The number of nitrogens with one attached hydrogen (secondary N) is 1. The first-order valence-corrected chi connectivity index (χ1v) is 12.1. The third kappa shape index (κ3) is 6.67. The molecule has 3 aliphatic rings. The van der Waals surface area contributed by atoms with Crippen LogP contribution in [0, 0.1) is 29.6 Å². The lowest BCUT2D eigenvalue weighted by Crippen LogP contribution is -2.44. The van der Waals surface area contributed by atoms with E-state index in [0.29, 0.717) is 50.6 Å². The summed E-state index contributed by atoms with van der Waals surface area (Å²) in [5.74, 6) is 2.40. The van der Waals surface area contributed by atoms with Crippen molar-refractivity contribution in [2.24, 2.45) is 29.6 Å². The number of ether oxygens (including phenoxy) is 4. The zero-order valence-corrected chi connectivity index (χ0v) is 19.4. The fourth-order valence-electron chi connectivity index (χ4n) is 5.47. The van der Waals surface area contributed by atoms with E-state index in [1.807, 2.05) is 13.0 Å². The first-order valence-electron chi connectivity index (χ1n) is 12.1. The number of fused-ring (bicyclic) bond motifs is 2. The maximum atomic E-state index is 13.0. The van der Waals surface area contributed by atoms with E-state index in [-0.39, 0.29) is 30.4 Å². The molecule has 0 radical (unpaired) electrons. The van der Waals surface area contributed by atoms with Gasteiger partial charge < -0.3 is 29.4 Å². The van der Waals surface area contributed by atoms with E-state index in [0.717, 1.165) is 18.8 Å². The predicted octanol–water partition coefficient (Wildman–Crippen LogP) is 2.87. The van der Waals surface area contributed by atoms with E-state index >= 15 is 0 Å². The van der Waals surface area contributed by atoms with Crippen molar-refractivity contribution < 1.29 is 28.8 Å². The molecule has 2 fully saturated rings. The van der Waals surface area contributed by atoms with Crippen LogP contribution in [-0.2, 0) is 23.7 Å². The molecule has 6 atom stereocenters. The number of carbonyl (C=O) groups is 1. The normalized spacial score (nSPS) is 32.2. The van der Waals surface area contributed by atoms with Gasteiger partial charge in [-0.05, 0) is 62.4 Å². The Kier molecular flexibility index (Phi) is 9.63. The van der Waals surface area contributed by atoms with Crippen molar-refractivity contribution in [3.8, 4) is 0 Å². The van der Waals surface area contributed by atoms with Crippen molar-refractivity contribution in [2.75, 3.05) is 39.6 Å². The Morgan fingerprint density at radius 3 is 2.58 bits per heavy atom. The minimum atomic E-state index is -0.447. The van der Waals surface area contributed by atoms with Crippen LogP contribution >= 0.6 is 0 Å². The molecule has 3 unspecified atom stereocenters. The molecule has 0 aromatic carbocycles. The molecular formula is C24H41NO6. The lowest BCUT2D eigenvalue weighted by atomic mass is 9.79. The van der Waals surface area contributed by atoms with Gasteiger partial charge in [-0.15, -0.1) is 0 Å². The molecule has 2 N–H and O–H groups in total. The van der Waals surface area contributed by atoms with E-state index < -0.39 is 6.29 Å². The summed E-state index contributed by atoms with van der Waals surface area (Å²) in [6.45, 7) is 8.73. The van der Waals surface area contributed by atoms with Gasteiger partial charge >= 0.3 is 0 Å². The largest absolute Gasteiger partial charge is 0.459 e. The molecule has 2 bridgehead atoms. The molecule has 2 saturated carbocycles. The SMILES string of the molecule is CCO[C@H]1OC(C(=O)NC2CC3CCC2C3)=C[C@@H](C(C)C)[C@@H]1CCOCCOCCO. The second-order valence-electron chi connectivity index (χ2n) is 9.45. The molecule has 7 nitrogen and oxygen atoms in total. The van der Waals surface area contributed by atoms with Crippen LogP contribution in [0.5, 0.6) is 0 Å². The van der Waals surface area contributed by atoms with Crippen LogP contribution in [0.2, 0.25) is 0 Å². The highest BCUT2D eigenvalue weighted by atomic mass is 16.7. The summed E-state index contributed by atoms with van der Waals surface area (Å²) in [7, 11) is 0. The Bertz CT molecular complexity index is 595. The van der Waals surface area contributed by atoms with Crippen molar-refractivity contribution in [1.82, 2.24) is 5.32 Å². The molecule has 1 heterocycles. The molecule has 7 heteroatoms. The molecule has 3 rings (SSSR count). The third-order valence-corrected chi connectivity index (χ3v) is 7.01. The van der Waals surface area contributed by atoms with Crippen LogP contribution < -0.4 is 5.32 Å². The Morgan fingerprint density at radius 1 is 1.19 bits per heavy atom. The monoisotopic (exact) mass is 439 g/mol. The fourth-order valence-corrected chi connectivity index (χ4v) is 5.47. The lowest BCUT2D eigenvalue weighted by Gasteiger charge is -2.38. The molecule has 2 aliphatic carbocycles. The topological polar surface area (TPSA) is 86.3 Å². The summed E-state index contributed by atoms with van der Waals surface area (Å²) >= 11 is 0. The van der Waals surface area contributed by atoms with Gasteiger partial charge in [0.1, 0.15) is 0 Å². The van der Waals surface area contributed by atoms with Crippen molar-refractivity contribution >= 4 is 5.91 Å². The first-order chi connectivity index (χ1) is 15.0. The molecule has 31 heavy (non-hydrogen) atoms. The molecule has 178 valence electrons. The highest BCUT2D eigenvalue weighted by molar-refractivity contribution is 5.91. The van der Waals surface area contributed by atoms with Gasteiger partial charge in [0.2, 0.25) is 6.29 Å². The maximum absolute atomic E-state index is 13.0. The van der Waals surface area contributed by atoms with Crippen LogP contribution in [0.15, 0.2) is 11.8 Å². The van der Waals surface area contributed by atoms with Gasteiger partial charge in [0.15, 0.2) is 5.76 Å². The predicted molar refractivity (Wildman–Crippen MR) is 117 cm³/mol. The fraction of sp³-hybridized carbons (Fsp3) is 0.875. The molecule has 1 aliphatic heterocycles.